The molecule has 3 aromatic rings. The van der Waals surface area contributed by atoms with Gasteiger partial charge in [0.15, 0.2) is 0 Å². The molecule has 1 atom stereocenters. The van der Waals surface area contributed by atoms with E-state index < -0.39 is 0 Å². The van der Waals surface area contributed by atoms with Crippen LogP contribution in [0.4, 0.5) is 0 Å². The van der Waals surface area contributed by atoms with Crippen molar-refractivity contribution in [2.24, 2.45) is 0 Å². The zero-order valence-corrected chi connectivity index (χ0v) is 14.5. The van der Waals surface area contributed by atoms with Crippen molar-refractivity contribution in [1.29, 1.82) is 0 Å². The van der Waals surface area contributed by atoms with E-state index in [1.165, 1.54) is 0 Å². The first-order chi connectivity index (χ1) is 12.1. The van der Waals surface area contributed by atoms with E-state index >= 15 is 0 Å². The molecule has 25 heavy (non-hydrogen) atoms. The molecule has 0 N–H and O–H groups in total. The van der Waals surface area contributed by atoms with Crippen LogP contribution in [-0.4, -0.2) is 43.6 Å². The molecule has 128 valence electrons. The number of carbonyl (C=O) groups is 1. The molecule has 1 aromatic carbocycles. The van der Waals surface area contributed by atoms with Gasteiger partial charge in [-0.1, -0.05) is 24.3 Å². The van der Waals surface area contributed by atoms with Crippen molar-refractivity contribution >= 4 is 16.8 Å². The first kappa shape index (κ1) is 15.7. The number of aromatic nitrogens is 4. The first-order valence-corrected chi connectivity index (χ1v) is 8.65. The summed E-state index contributed by atoms with van der Waals surface area (Å²) in [5.74, 6) is 1.94. The largest absolute Gasteiger partial charge is 0.337 e. The number of pyridine rings is 1. The molecule has 0 saturated carbocycles. The molecule has 1 aliphatic heterocycles. The molecule has 3 heterocycles. The van der Waals surface area contributed by atoms with Gasteiger partial charge in [0.2, 0.25) is 0 Å². The smallest absolute Gasteiger partial charge is 0.272 e. The van der Waals surface area contributed by atoms with Gasteiger partial charge in [0, 0.05) is 31.4 Å². The predicted molar refractivity (Wildman–Crippen MR) is 95.3 cm³/mol. The van der Waals surface area contributed by atoms with Crippen LogP contribution in [0.15, 0.2) is 36.4 Å². The topological polar surface area (TPSA) is 63.9 Å². The Morgan fingerprint density at radius 1 is 1.16 bits per heavy atom. The van der Waals surface area contributed by atoms with Crippen LogP contribution in [0.1, 0.15) is 35.0 Å². The molecular weight excluding hydrogens is 314 g/mol. The number of nitrogens with zero attached hydrogens (tertiary/aromatic N) is 5. The van der Waals surface area contributed by atoms with Gasteiger partial charge in [-0.3, -0.25) is 4.79 Å². The SMILES string of the molecule is Cc1nnc2n1CC[C@@H](N(C)C(=O)c1ccc3ccccc3n1)CC2. The molecule has 6 heteroatoms. The summed E-state index contributed by atoms with van der Waals surface area (Å²) in [5.41, 5.74) is 1.35. The van der Waals surface area contributed by atoms with Gasteiger partial charge in [0.05, 0.1) is 5.52 Å². The van der Waals surface area contributed by atoms with Crippen LogP contribution in [-0.2, 0) is 13.0 Å². The Morgan fingerprint density at radius 3 is 2.88 bits per heavy atom. The number of fused-ring (bicyclic) bond motifs is 2. The van der Waals surface area contributed by atoms with E-state index in [1.54, 1.807) is 0 Å². The Kier molecular flexibility index (Phi) is 3.95. The molecule has 4 rings (SSSR count). The van der Waals surface area contributed by atoms with Crippen LogP contribution in [0.25, 0.3) is 10.9 Å². The van der Waals surface area contributed by atoms with Crippen LogP contribution in [0.5, 0.6) is 0 Å². The third kappa shape index (κ3) is 2.88. The average Bonchev–Trinajstić information content (AvgIpc) is 2.87. The van der Waals surface area contributed by atoms with Gasteiger partial charge < -0.3 is 9.47 Å². The lowest BCUT2D eigenvalue weighted by atomic mass is 10.1. The minimum Gasteiger partial charge on any atom is -0.337 e. The van der Waals surface area contributed by atoms with E-state index in [4.69, 9.17) is 0 Å². The van der Waals surface area contributed by atoms with Crippen molar-refractivity contribution in [1.82, 2.24) is 24.6 Å². The number of amides is 1. The van der Waals surface area contributed by atoms with Crippen molar-refractivity contribution in [2.75, 3.05) is 7.05 Å². The third-order valence-corrected chi connectivity index (χ3v) is 5.09. The normalized spacial score (nSPS) is 17.1. The number of carbonyl (C=O) groups excluding carboxylic acids is 1. The number of benzene rings is 1. The minimum atomic E-state index is -0.0230. The van der Waals surface area contributed by atoms with Crippen molar-refractivity contribution in [3.8, 4) is 0 Å². The van der Waals surface area contributed by atoms with Crippen molar-refractivity contribution in [3.05, 3.63) is 53.7 Å². The van der Waals surface area contributed by atoms with Crippen molar-refractivity contribution in [3.63, 3.8) is 0 Å². The molecule has 0 bridgehead atoms. The summed E-state index contributed by atoms with van der Waals surface area (Å²) < 4.78 is 2.16. The Bertz CT molecular complexity index is 932. The second-order valence-corrected chi connectivity index (χ2v) is 6.60. The lowest BCUT2D eigenvalue weighted by molar-refractivity contribution is 0.0710. The van der Waals surface area contributed by atoms with Crippen LogP contribution in [0, 0.1) is 6.92 Å². The van der Waals surface area contributed by atoms with Gasteiger partial charge in [0.1, 0.15) is 17.3 Å². The van der Waals surface area contributed by atoms with Crippen molar-refractivity contribution < 1.29 is 4.79 Å². The third-order valence-electron chi connectivity index (χ3n) is 5.09. The average molecular weight is 335 g/mol. The van der Waals surface area contributed by atoms with Gasteiger partial charge in [-0.15, -0.1) is 10.2 Å². The monoisotopic (exact) mass is 335 g/mol. The Balaban J connectivity index is 1.53. The highest BCUT2D eigenvalue weighted by Crippen LogP contribution is 2.20. The molecule has 0 radical (unpaired) electrons. The number of rotatable bonds is 2. The lowest BCUT2D eigenvalue weighted by Crippen LogP contribution is -2.37. The summed E-state index contributed by atoms with van der Waals surface area (Å²) in [6.07, 6.45) is 2.64. The van der Waals surface area contributed by atoms with Crippen LogP contribution in [0.3, 0.4) is 0 Å². The highest BCUT2D eigenvalue weighted by atomic mass is 16.2. The summed E-state index contributed by atoms with van der Waals surface area (Å²) >= 11 is 0. The fourth-order valence-electron chi connectivity index (χ4n) is 3.54. The summed E-state index contributed by atoms with van der Waals surface area (Å²) in [6, 6.07) is 11.8. The number of para-hydroxylation sites is 1. The fraction of sp³-hybridized carbons (Fsp3) is 0.368. The van der Waals surface area contributed by atoms with Crippen LogP contribution < -0.4 is 0 Å². The van der Waals surface area contributed by atoms with Crippen LogP contribution in [0.2, 0.25) is 0 Å². The Labute approximate surface area is 146 Å². The van der Waals surface area contributed by atoms with E-state index in [-0.39, 0.29) is 11.9 Å². The number of hydrogen-bond acceptors (Lipinski definition) is 4. The highest BCUT2D eigenvalue weighted by Gasteiger charge is 2.26. The summed E-state index contributed by atoms with van der Waals surface area (Å²) in [7, 11) is 1.88. The molecule has 6 nitrogen and oxygen atoms in total. The maximum Gasteiger partial charge on any atom is 0.272 e. The van der Waals surface area contributed by atoms with Crippen LogP contribution >= 0.6 is 0 Å². The van der Waals surface area contributed by atoms with E-state index in [9.17, 15) is 4.79 Å². The van der Waals surface area contributed by atoms with Gasteiger partial charge in [-0.2, -0.15) is 0 Å². The van der Waals surface area contributed by atoms with E-state index in [1.807, 2.05) is 55.3 Å². The minimum absolute atomic E-state index is 0.0230. The molecule has 2 aromatic heterocycles. The number of aryl methyl sites for hydroxylation is 2. The van der Waals surface area contributed by atoms with Gasteiger partial charge in [-0.25, -0.2) is 4.98 Å². The summed E-state index contributed by atoms with van der Waals surface area (Å²) in [5, 5.41) is 9.43. The first-order valence-electron chi connectivity index (χ1n) is 8.65. The lowest BCUT2D eigenvalue weighted by Gasteiger charge is -2.26. The van der Waals surface area contributed by atoms with Gasteiger partial charge >= 0.3 is 0 Å². The molecule has 0 aliphatic carbocycles. The number of hydrogen-bond donors (Lipinski definition) is 0. The molecule has 0 fully saturated rings. The quantitative estimate of drug-likeness (QED) is 0.722. The van der Waals surface area contributed by atoms with E-state index in [0.717, 1.165) is 48.4 Å². The van der Waals surface area contributed by atoms with Gasteiger partial charge in [-0.05, 0) is 31.9 Å². The fourth-order valence-corrected chi connectivity index (χ4v) is 3.54. The Morgan fingerprint density at radius 2 is 2.00 bits per heavy atom. The summed E-state index contributed by atoms with van der Waals surface area (Å²) in [4.78, 5) is 19.3. The summed E-state index contributed by atoms with van der Waals surface area (Å²) in [6.45, 7) is 2.83. The molecule has 0 unspecified atom stereocenters. The highest BCUT2D eigenvalue weighted by molar-refractivity contribution is 5.94. The molecule has 0 saturated heterocycles. The maximum absolute atomic E-state index is 12.9. The van der Waals surface area contributed by atoms with E-state index in [2.05, 4.69) is 19.7 Å². The maximum atomic E-state index is 12.9. The second-order valence-electron chi connectivity index (χ2n) is 6.60. The van der Waals surface area contributed by atoms with Crippen molar-refractivity contribution in [2.45, 2.75) is 38.8 Å². The standard InChI is InChI=1S/C19H21N5O/c1-13-21-22-18-10-8-15(11-12-24(13)18)23(2)19(25)17-9-7-14-5-3-4-6-16(14)20-17/h3-7,9,15H,8,10-12H2,1-2H3/t15-/m0/s1. The molecule has 0 spiro atoms. The zero-order chi connectivity index (χ0) is 17.4. The molecule has 1 amide bonds. The second kappa shape index (κ2) is 6.27. The zero-order valence-electron chi connectivity index (χ0n) is 14.5. The Hall–Kier alpha value is -2.76. The van der Waals surface area contributed by atoms with Gasteiger partial charge in [0.25, 0.3) is 5.91 Å². The molecular formula is C19H21N5O. The van der Waals surface area contributed by atoms with E-state index in [0.29, 0.717) is 5.69 Å². The predicted octanol–water partition coefficient (Wildman–Crippen LogP) is 2.61. The molecule has 1 aliphatic rings.